The molecule has 0 radical (unpaired) electrons. The van der Waals surface area contributed by atoms with Crippen LogP contribution in [-0.4, -0.2) is 16.8 Å². The van der Waals surface area contributed by atoms with E-state index < -0.39 is 0 Å². The van der Waals surface area contributed by atoms with Crippen LogP contribution in [0, 0.1) is 6.92 Å². The maximum absolute atomic E-state index is 7.00. The van der Waals surface area contributed by atoms with Crippen molar-refractivity contribution < 1.29 is 9.52 Å². The van der Waals surface area contributed by atoms with Gasteiger partial charge in [-0.05, 0) is 59.0 Å². The molecule has 0 fully saturated rings. The van der Waals surface area contributed by atoms with Crippen LogP contribution < -0.4 is 0 Å². The fourth-order valence-corrected chi connectivity index (χ4v) is 6.55. The van der Waals surface area contributed by atoms with Crippen molar-refractivity contribution in [3.05, 3.63) is 114 Å². The molecule has 39 heavy (non-hydrogen) atoms. The summed E-state index contributed by atoms with van der Waals surface area (Å²) in [5.74, 6) is 0. The summed E-state index contributed by atoms with van der Waals surface area (Å²) >= 11 is 0. The van der Waals surface area contributed by atoms with Crippen LogP contribution in [-0.2, 0) is 5.41 Å². The molecule has 5 aromatic carbocycles. The van der Waals surface area contributed by atoms with Crippen LogP contribution in [0.5, 0.6) is 0 Å². The Labute approximate surface area is 228 Å². The zero-order chi connectivity index (χ0) is 26.2. The number of nitrogens with zero attached hydrogens (tertiary/aromatic N) is 1. The van der Waals surface area contributed by atoms with E-state index >= 15 is 0 Å². The fourth-order valence-electron chi connectivity index (χ4n) is 6.55. The van der Waals surface area contributed by atoms with Crippen LogP contribution in [0.2, 0.25) is 0 Å². The maximum atomic E-state index is 7.00. The number of aliphatic hydroxyl groups is 1. The minimum Gasteiger partial charge on any atom is -0.454 e. The van der Waals surface area contributed by atoms with E-state index in [9.17, 15) is 0 Å². The molecule has 0 bridgehead atoms. The predicted molar refractivity (Wildman–Crippen MR) is 165 cm³/mol. The Balaban J connectivity index is 0.000000903. The van der Waals surface area contributed by atoms with Gasteiger partial charge in [0.25, 0.3) is 0 Å². The number of furan rings is 1. The molecule has 0 unspecified atom stereocenters. The lowest BCUT2D eigenvalue weighted by atomic mass is 9.82. The largest absolute Gasteiger partial charge is 0.454 e. The van der Waals surface area contributed by atoms with E-state index in [4.69, 9.17) is 9.52 Å². The smallest absolute Gasteiger partial charge is 0.159 e. The first kappa shape index (κ1) is 25.0. The van der Waals surface area contributed by atoms with Crippen molar-refractivity contribution in [2.75, 3.05) is 7.11 Å². The van der Waals surface area contributed by atoms with Crippen molar-refractivity contribution >= 4 is 43.7 Å². The zero-order valence-corrected chi connectivity index (χ0v) is 22.0. The SMILES string of the molecule is C.CO.Cc1cccc2c1oc1c(-n3c4ccccc4c4cc5c(cc43)C(C)(C)c3ccccc3-5)cccc12. The summed E-state index contributed by atoms with van der Waals surface area (Å²) in [6, 6.07) is 35.4. The Morgan fingerprint density at radius 1 is 0.615 bits per heavy atom. The molecule has 1 aliphatic carbocycles. The predicted octanol–water partition coefficient (Wildman–Crippen LogP) is 9.54. The van der Waals surface area contributed by atoms with Crippen LogP contribution in [0.25, 0.3) is 60.6 Å². The monoisotopic (exact) mass is 511 g/mol. The molecule has 3 nitrogen and oxygen atoms in total. The summed E-state index contributed by atoms with van der Waals surface area (Å²) in [4.78, 5) is 0. The molecule has 0 amide bonds. The molecule has 0 saturated heterocycles. The minimum absolute atomic E-state index is 0. The summed E-state index contributed by atoms with van der Waals surface area (Å²) in [5.41, 5.74) is 12.0. The second-order valence-electron chi connectivity index (χ2n) is 10.6. The summed E-state index contributed by atoms with van der Waals surface area (Å²) in [7, 11) is 1.00. The molecule has 0 aliphatic heterocycles. The number of rotatable bonds is 1. The normalized spacial score (nSPS) is 13.3. The Bertz CT molecular complexity index is 2040. The summed E-state index contributed by atoms with van der Waals surface area (Å²) in [6.07, 6.45) is 0. The van der Waals surface area contributed by atoms with Crippen molar-refractivity contribution in [3.8, 4) is 16.8 Å². The van der Waals surface area contributed by atoms with Gasteiger partial charge in [-0.3, -0.25) is 0 Å². The Morgan fingerprint density at radius 2 is 1.28 bits per heavy atom. The second-order valence-corrected chi connectivity index (χ2v) is 10.6. The minimum atomic E-state index is -0.0517. The highest BCUT2D eigenvalue weighted by molar-refractivity contribution is 6.14. The molecule has 2 aromatic heterocycles. The number of hydrogen-bond acceptors (Lipinski definition) is 2. The summed E-state index contributed by atoms with van der Waals surface area (Å²) in [6.45, 7) is 6.81. The molecule has 3 heteroatoms. The quantitative estimate of drug-likeness (QED) is 0.238. The first-order valence-corrected chi connectivity index (χ1v) is 13.1. The molecule has 1 N–H and O–H groups in total. The third-order valence-electron chi connectivity index (χ3n) is 8.32. The van der Waals surface area contributed by atoms with E-state index in [1.165, 1.54) is 49.4 Å². The van der Waals surface area contributed by atoms with Crippen LogP contribution >= 0.6 is 0 Å². The number of aryl methyl sites for hydroxylation is 1. The molecule has 2 heterocycles. The zero-order valence-electron chi connectivity index (χ0n) is 22.0. The molecular weight excluding hydrogens is 478 g/mol. The highest BCUT2D eigenvalue weighted by atomic mass is 16.3. The highest BCUT2D eigenvalue weighted by Crippen LogP contribution is 2.51. The average molecular weight is 512 g/mol. The van der Waals surface area contributed by atoms with Crippen LogP contribution in [0.4, 0.5) is 0 Å². The lowest BCUT2D eigenvalue weighted by Gasteiger charge is -2.21. The van der Waals surface area contributed by atoms with Crippen LogP contribution in [0.1, 0.15) is 38.0 Å². The van der Waals surface area contributed by atoms with Gasteiger partial charge in [0.2, 0.25) is 0 Å². The molecule has 0 atom stereocenters. The van der Waals surface area contributed by atoms with Gasteiger partial charge in [-0.25, -0.2) is 0 Å². The van der Waals surface area contributed by atoms with Crippen molar-refractivity contribution in [2.24, 2.45) is 0 Å². The van der Waals surface area contributed by atoms with Gasteiger partial charge in [0, 0.05) is 34.1 Å². The Morgan fingerprint density at radius 3 is 2.10 bits per heavy atom. The molecular formula is C36H33NO2. The van der Waals surface area contributed by atoms with Crippen LogP contribution in [0.15, 0.2) is 101 Å². The molecule has 0 saturated carbocycles. The van der Waals surface area contributed by atoms with Crippen molar-refractivity contribution in [1.29, 1.82) is 0 Å². The third kappa shape index (κ3) is 3.26. The van der Waals surface area contributed by atoms with Crippen molar-refractivity contribution in [2.45, 2.75) is 33.6 Å². The molecule has 8 rings (SSSR count). The maximum Gasteiger partial charge on any atom is 0.159 e. The van der Waals surface area contributed by atoms with Gasteiger partial charge in [-0.15, -0.1) is 0 Å². The van der Waals surface area contributed by atoms with E-state index in [1.54, 1.807) is 0 Å². The van der Waals surface area contributed by atoms with Crippen LogP contribution in [0.3, 0.4) is 0 Å². The van der Waals surface area contributed by atoms with Gasteiger partial charge in [-0.1, -0.05) is 94.1 Å². The average Bonchev–Trinajstić information content (AvgIpc) is 3.56. The van der Waals surface area contributed by atoms with E-state index in [-0.39, 0.29) is 12.8 Å². The number of hydrogen-bond donors (Lipinski definition) is 1. The third-order valence-corrected chi connectivity index (χ3v) is 8.32. The standard InChI is InChI=1S/C34H25NO.CH4O.CH4/c1-20-10-8-13-23-24-14-9-17-30(33(24)36-32(20)23)35-29-16-7-5-12-22(29)26-18-25-21-11-4-6-15-27(21)34(2,3)28(25)19-31(26)35;1-2;/h4-19H,1-3H3;2H,1H3;1H4. The van der Waals surface area contributed by atoms with Gasteiger partial charge in [0.05, 0.1) is 16.7 Å². The molecule has 7 aromatic rings. The fraction of sp³-hybridized carbons (Fsp3) is 0.167. The Hall–Kier alpha value is -4.34. The van der Waals surface area contributed by atoms with E-state index in [2.05, 4.69) is 122 Å². The summed E-state index contributed by atoms with van der Waals surface area (Å²) < 4.78 is 9.01. The number of fused-ring (bicyclic) bond motifs is 9. The Kier molecular flexibility index (Phi) is 5.67. The van der Waals surface area contributed by atoms with Crippen molar-refractivity contribution in [1.82, 2.24) is 4.57 Å². The number of aromatic nitrogens is 1. The van der Waals surface area contributed by atoms with Crippen molar-refractivity contribution in [3.63, 3.8) is 0 Å². The molecule has 194 valence electrons. The van der Waals surface area contributed by atoms with E-state index in [0.29, 0.717) is 0 Å². The van der Waals surface area contributed by atoms with Gasteiger partial charge < -0.3 is 14.1 Å². The lowest BCUT2D eigenvalue weighted by Crippen LogP contribution is -2.14. The molecule has 1 aliphatic rings. The van der Waals surface area contributed by atoms with E-state index in [1.807, 2.05) is 0 Å². The first-order valence-electron chi connectivity index (χ1n) is 13.1. The van der Waals surface area contributed by atoms with Gasteiger partial charge in [-0.2, -0.15) is 0 Å². The highest BCUT2D eigenvalue weighted by Gasteiger charge is 2.36. The van der Waals surface area contributed by atoms with Gasteiger partial charge in [0.1, 0.15) is 5.58 Å². The first-order chi connectivity index (χ1) is 18.5. The van der Waals surface area contributed by atoms with E-state index in [0.717, 1.165) is 34.9 Å². The number of benzene rings is 5. The summed E-state index contributed by atoms with van der Waals surface area (Å²) in [5, 5.41) is 11.9. The lowest BCUT2D eigenvalue weighted by molar-refractivity contribution is 0.399. The topological polar surface area (TPSA) is 38.3 Å². The molecule has 0 spiro atoms. The number of aliphatic hydroxyl groups excluding tert-OH is 1. The number of para-hydroxylation sites is 3. The van der Waals surface area contributed by atoms with Gasteiger partial charge >= 0.3 is 0 Å². The second kappa shape index (κ2) is 8.86. The van der Waals surface area contributed by atoms with Gasteiger partial charge in [0.15, 0.2) is 5.58 Å².